The van der Waals surface area contributed by atoms with Crippen LogP contribution in [0.1, 0.15) is 65.2 Å². The first kappa shape index (κ1) is 14.3. The summed E-state index contributed by atoms with van der Waals surface area (Å²) in [6.07, 6.45) is 10.6. The van der Waals surface area contributed by atoms with Crippen molar-refractivity contribution >= 4 is 0 Å². The van der Waals surface area contributed by atoms with Crippen molar-refractivity contribution in [2.24, 2.45) is 11.3 Å². The van der Waals surface area contributed by atoms with Crippen LogP contribution in [0.15, 0.2) is 0 Å². The van der Waals surface area contributed by atoms with Crippen LogP contribution in [0.25, 0.3) is 0 Å². The molecule has 2 rings (SSSR count). The summed E-state index contributed by atoms with van der Waals surface area (Å²) in [6.45, 7) is 7.38. The lowest BCUT2D eigenvalue weighted by molar-refractivity contribution is 0.0514. The number of aliphatic hydroxyl groups excluding tert-OH is 1. The fourth-order valence-electron chi connectivity index (χ4n) is 3.53. The van der Waals surface area contributed by atoms with Gasteiger partial charge in [-0.25, -0.2) is 0 Å². The van der Waals surface area contributed by atoms with Gasteiger partial charge in [0.05, 0.1) is 0 Å². The van der Waals surface area contributed by atoms with E-state index in [4.69, 9.17) is 0 Å². The van der Waals surface area contributed by atoms with Crippen molar-refractivity contribution < 1.29 is 5.11 Å². The first-order chi connectivity index (χ1) is 8.65. The van der Waals surface area contributed by atoms with Crippen LogP contribution in [-0.4, -0.2) is 35.7 Å². The lowest BCUT2D eigenvalue weighted by atomic mass is 9.80. The van der Waals surface area contributed by atoms with E-state index in [2.05, 4.69) is 18.7 Å². The van der Waals surface area contributed by atoms with Gasteiger partial charge in [-0.05, 0) is 31.6 Å². The van der Waals surface area contributed by atoms with Crippen LogP contribution in [0.2, 0.25) is 0 Å². The van der Waals surface area contributed by atoms with Gasteiger partial charge in [0.2, 0.25) is 0 Å². The number of aliphatic hydroxyl groups is 1. The molecule has 2 nitrogen and oxygen atoms in total. The van der Waals surface area contributed by atoms with Crippen LogP contribution in [0, 0.1) is 11.3 Å². The van der Waals surface area contributed by atoms with Crippen molar-refractivity contribution in [3.05, 3.63) is 0 Å². The minimum atomic E-state index is 0.216. The Bertz CT molecular complexity index is 239. The van der Waals surface area contributed by atoms with Gasteiger partial charge in [-0.3, -0.25) is 4.90 Å². The van der Waals surface area contributed by atoms with Crippen LogP contribution in [0.5, 0.6) is 0 Å². The summed E-state index contributed by atoms with van der Waals surface area (Å²) < 4.78 is 0. The summed E-state index contributed by atoms with van der Waals surface area (Å²) in [5.41, 5.74) is 0.216. The summed E-state index contributed by atoms with van der Waals surface area (Å²) in [5.74, 6) is 0.743. The van der Waals surface area contributed by atoms with E-state index in [0.717, 1.165) is 18.5 Å². The molecule has 1 N–H and O–H groups in total. The molecule has 2 fully saturated rings. The monoisotopic (exact) mass is 253 g/mol. The van der Waals surface area contributed by atoms with E-state index in [0.29, 0.717) is 6.61 Å². The first-order valence-electron chi connectivity index (χ1n) is 8.00. The Labute approximate surface area is 113 Å². The van der Waals surface area contributed by atoms with Gasteiger partial charge in [-0.15, -0.1) is 0 Å². The van der Waals surface area contributed by atoms with Crippen LogP contribution in [-0.2, 0) is 0 Å². The molecule has 2 saturated carbocycles. The molecular formula is C16H31NO. The smallest absolute Gasteiger partial charge is 0.0499 e. The second kappa shape index (κ2) is 6.38. The molecule has 0 amide bonds. The summed E-state index contributed by atoms with van der Waals surface area (Å²) in [5, 5.41) is 9.93. The van der Waals surface area contributed by atoms with E-state index >= 15 is 0 Å². The molecule has 0 atom stereocenters. The van der Waals surface area contributed by atoms with Gasteiger partial charge in [-0.2, -0.15) is 0 Å². The van der Waals surface area contributed by atoms with E-state index < -0.39 is 0 Å². The van der Waals surface area contributed by atoms with E-state index in [1.165, 1.54) is 57.9 Å². The Morgan fingerprint density at radius 2 is 1.72 bits per heavy atom. The van der Waals surface area contributed by atoms with Gasteiger partial charge in [0.1, 0.15) is 0 Å². The third-order valence-electron chi connectivity index (χ3n) is 4.70. The van der Waals surface area contributed by atoms with Gasteiger partial charge < -0.3 is 5.11 Å². The van der Waals surface area contributed by atoms with E-state index in [1.54, 1.807) is 0 Å². The highest BCUT2D eigenvalue weighted by Crippen LogP contribution is 2.38. The Morgan fingerprint density at radius 3 is 2.17 bits per heavy atom. The fraction of sp³-hybridized carbons (Fsp3) is 1.00. The average Bonchev–Trinajstić information content (AvgIpc) is 3.15. The zero-order valence-electron chi connectivity index (χ0n) is 12.3. The largest absolute Gasteiger partial charge is 0.396 e. The summed E-state index contributed by atoms with van der Waals surface area (Å²) in [6, 6.07) is 0.832. The van der Waals surface area contributed by atoms with Gasteiger partial charge in [-0.1, -0.05) is 39.5 Å². The van der Waals surface area contributed by atoms with E-state index in [-0.39, 0.29) is 5.41 Å². The lowest BCUT2D eigenvalue weighted by Gasteiger charge is -2.37. The maximum absolute atomic E-state index is 9.93. The normalized spacial score (nSPS) is 24.5. The van der Waals surface area contributed by atoms with Crippen molar-refractivity contribution in [2.75, 3.05) is 19.7 Å². The number of hydrogen-bond acceptors (Lipinski definition) is 2. The molecule has 2 heteroatoms. The van der Waals surface area contributed by atoms with Crippen LogP contribution in [0.3, 0.4) is 0 Å². The molecular weight excluding hydrogens is 222 g/mol. The Hall–Kier alpha value is -0.0800. The van der Waals surface area contributed by atoms with Crippen molar-refractivity contribution in [1.29, 1.82) is 0 Å². The minimum Gasteiger partial charge on any atom is -0.396 e. The first-order valence-corrected chi connectivity index (χ1v) is 8.00. The number of rotatable bonds is 6. The maximum atomic E-state index is 9.93. The van der Waals surface area contributed by atoms with Crippen LogP contribution >= 0.6 is 0 Å². The molecule has 106 valence electrons. The third-order valence-corrected chi connectivity index (χ3v) is 4.70. The van der Waals surface area contributed by atoms with Gasteiger partial charge >= 0.3 is 0 Å². The Balaban J connectivity index is 1.96. The van der Waals surface area contributed by atoms with Crippen LogP contribution < -0.4 is 0 Å². The molecule has 0 spiro atoms. The molecule has 0 unspecified atom stereocenters. The van der Waals surface area contributed by atoms with Gasteiger partial charge in [0.25, 0.3) is 0 Å². The lowest BCUT2D eigenvalue weighted by Crippen LogP contribution is -2.42. The SMILES string of the molecule is CC(C)CN(CC1(CO)CCCCCC1)C1CC1. The second-order valence-corrected chi connectivity index (χ2v) is 7.13. The van der Waals surface area contributed by atoms with Crippen molar-refractivity contribution in [3.63, 3.8) is 0 Å². The predicted molar refractivity (Wildman–Crippen MR) is 76.7 cm³/mol. The molecule has 0 aliphatic heterocycles. The van der Waals surface area contributed by atoms with Crippen molar-refractivity contribution in [2.45, 2.75) is 71.3 Å². The zero-order chi connectivity index (χ0) is 13.0. The summed E-state index contributed by atoms with van der Waals surface area (Å²) >= 11 is 0. The standard InChI is InChI=1S/C16H31NO/c1-14(2)11-17(15-7-8-15)12-16(13-18)9-5-3-4-6-10-16/h14-15,18H,3-13H2,1-2H3. The third kappa shape index (κ3) is 3.96. The number of nitrogens with zero attached hydrogens (tertiary/aromatic N) is 1. The highest BCUT2D eigenvalue weighted by atomic mass is 16.3. The average molecular weight is 253 g/mol. The van der Waals surface area contributed by atoms with Crippen molar-refractivity contribution in [1.82, 2.24) is 4.90 Å². The molecule has 0 aromatic heterocycles. The molecule has 2 aliphatic carbocycles. The molecule has 0 aromatic rings. The minimum absolute atomic E-state index is 0.216. The number of hydrogen-bond donors (Lipinski definition) is 1. The highest BCUT2D eigenvalue weighted by Gasteiger charge is 2.37. The Morgan fingerprint density at radius 1 is 1.11 bits per heavy atom. The second-order valence-electron chi connectivity index (χ2n) is 7.13. The van der Waals surface area contributed by atoms with Crippen molar-refractivity contribution in [3.8, 4) is 0 Å². The van der Waals surface area contributed by atoms with Gasteiger partial charge in [0, 0.05) is 31.2 Å². The van der Waals surface area contributed by atoms with E-state index in [9.17, 15) is 5.11 Å². The molecule has 0 aromatic carbocycles. The maximum Gasteiger partial charge on any atom is 0.0499 e. The summed E-state index contributed by atoms with van der Waals surface area (Å²) in [4.78, 5) is 2.69. The van der Waals surface area contributed by atoms with Gasteiger partial charge in [0.15, 0.2) is 0 Å². The zero-order valence-corrected chi connectivity index (χ0v) is 12.3. The molecule has 0 radical (unpaired) electrons. The molecule has 0 heterocycles. The summed E-state index contributed by atoms with van der Waals surface area (Å²) in [7, 11) is 0. The molecule has 0 saturated heterocycles. The fourth-order valence-corrected chi connectivity index (χ4v) is 3.53. The molecule has 2 aliphatic rings. The predicted octanol–water partition coefficient (Wildman–Crippen LogP) is 3.44. The van der Waals surface area contributed by atoms with Crippen LogP contribution in [0.4, 0.5) is 0 Å². The Kier molecular flexibility index (Phi) is 5.08. The topological polar surface area (TPSA) is 23.5 Å². The quantitative estimate of drug-likeness (QED) is 0.733. The van der Waals surface area contributed by atoms with E-state index in [1.807, 2.05) is 0 Å². The molecule has 0 bridgehead atoms. The highest BCUT2D eigenvalue weighted by molar-refractivity contribution is 4.91. The molecule has 18 heavy (non-hydrogen) atoms.